The van der Waals surface area contributed by atoms with E-state index >= 15 is 0 Å². The Morgan fingerprint density at radius 3 is 2.76 bits per heavy atom. The standard InChI is InChI=1S/C28H33N7O2/c1-28(12-5-13-35(18-28)25-11-10-19(15-29)16-31-25)34-23-9-3-2-8-22(23)33-27-32-17-24(37-27)20-6-4-7-21(14-20)26(30)36/h4,6-7,10-11,14,16-17,22-23,34H,2-3,5,8-9,12-13,18H2,1H3,(H2,30,36)(H,32,33)/t22-,23-,28+/m1/s1. The summed E-state index contributed by atoms with van der Waals surface area (Å²) < 4.78 is 6.02. The lowest BCUT2D eigenvalue weighted by atomic mass is 9.85. The highest BCUT2D eigenvalue weighted by molar-refractivity contribution is 5.93. The number of primary amides is 1. The van der Waals surface area contributed by atoms with Gasteiger partial charge >= 0.3 is 0 Å². The highest BCUT2D eigenvalue weighted by Gasteiger charge is 2.36. The summed E-state index contributed by atoms with van der Waals surface area (Å²) in [5, 5.41) is 16.6. The lowest BCUT2D eigenvalue weighted by molar-refractivity contribution is 0.100. The molecule has 3 atom stereocenters. The van der Waals surface area contributed by atoms with Crippen LogP contribution in [0.2, 0.25) is 0 Å². The number of nitrogens with zero attached hydrogens (tertiary/aromatic N) is 4. The molecule has 1 saturated carbocycles. The molecule has 4 N–H and O–H groups in total. The van der Waals surface area contributed by atoms with Crippen LogP contribution in [0.25, 0.3) is 11.3 Å². The molecule has 9 heteroatoms. The van der Waals surface area contributed by atoms with Crippen LogP contribution >= 0.6 is 0 Å². The third-order valence-electron chi connectivity index (χ3n) is 7.44. The van der Waals surface area contributed by atoms with Crippen molar-refractivity contribution < 1.29 is 9.21 Å². The summed E-state index contributed by atoms with van der Waals surface area (Å²) in [6, 6.07) is 13.9. The number of amides is 1. The predicted molar refractivity (Wildman–Crippen MR) is 142 cm³/mol. The molecule has 2 aliphatic rings. The van der Waals surface area contributed by atoms with Crippen molar-refractivity contribution in [3.8, 4) is 17.4 Å². The van der Waals surface area contributed by atoms with Crippen molar-refractivity contribution in [2.24, 2.45) is 5.73 Å². The molecule has 0 radical (unpaired) electrons. The minimum absolute atomic E-state index is 0.0628. The van der Waals surface area contributed by atoms with Crippen molar-refractivity contribution in [1.29, 1.82) is 5.26 Å². The molecule has 9 nitrogen and oxygen atoms in total. The number of benzene rings is 1. The van der Waals surface area contributed by atoms with Gasteiger partial charge in [0.1, 0.15) is 11.9 Å². The van der Waals surface area contributed by atoms with E-state index in [2.05, 4.69) is 38.5 Å². The molecule has 3 aromatic rings. The van der Waals surface area contributed by atoms with Gasteiger partial charge in [0.15, 0.2) is 5.76 Å². The normalized spacial score (nSPS) is 23.8. The Morgan fingerprint density at radius 1 is 1.16 bits per heavy atom. The fraction of sp³-hybridized carbons (Fsp3) is 0.429. The van der Waals surface area contributed by atoms with Crippen LogP contribution in [0.15, 0.2) is 53.2 Å². The lowest BCUT2D eigenvalue weighted by Crippen LogP contribution is -2.61. The van der Waals surface area contributed by atoms with Gasteiger partial charge in [-0.1, -0.05) is 25.0 Å². The summed E-state index contributed by atoms with van der Waals surface area (Å²) in [4.78, 5) is 22.8. The van der Waals surface area contributed by atoms with E-state index in [0.717, 1.165) is 56.6 Å². The van der Waals surface area contributed by atoms with Crippen molar-refractivity contribution in [2.75, 3.05) is 23.3 Å². The summed E-state index contributed by atoms with van der Waals surface area (Å²) in [6.07, 6.45) is 9.93. The van der Waals surface area contributed by atoms with E-state index in [4.69, 9.17) is 15.4 Å². The molecule has 0 spiro atoms. The minimum atomic E-state index is -0.472. The Kier molecular flexibility index (Phi) is 7.10. The number of nitrogens with two attached hydrogens (primary N) is 1. The van der Waals surface area contributed by atoms with Crippen molar-refractivity contribution in [1.82, 2.24) is 15.3 Å². The van der Waals surface area contributed by atoms with E-state index in [1.807, 2.05) is 18.2 Å². The minimum Gasteiger partial charge on any atom is -0.424 e. The number of nitriles is 1. The number of pyridine rings is 1. The molecule has 192 valence electrons. The highest BCUT2D eigenvalue weighted by atomic mass is 16.4. The first-order valence-electron chi connectivity index (χ1n) is 12.9. The van der Waals surface area contributed by atoms with Crippen LogP contribution in [0, 0.1) is 11.3 Å². The van der Waals surface area contributed by atoms with Crippen LogP contribution in [0.5, 0.6) is 0 Å². The number of hydrogen-bond donors (Lipinski definition) is 3. The molecule has 2 fully saturated rings. The number of nitrogens with one attached hydrogen (secondary N) is 2. The molecule has 1 aliphatic carbocycles. The van der Waals surface area contributed by atoms with Gasteiger partial charge in [-0.05, 0) is 56.9 Å². The van der Waals surface area contributed by atoms with Crippen molar-refractivity contribution in [3.63, 3.8) is 0 Å². The number of aromatic nitrogens is 2. The molecule has 0 unspecified atom stereocenters. The number of carbonyl (C=O) groups is 1. The second-order valence-corrected chi connectivity index (χ2v) is 10.4. The Labute approximate surface area is 217 Å². The topological polar surface area (TPSA) is 133 Å². The zero-order valence-corrected chi connectivity index (χ0v) is 21.1. The molecular weight excluding hydrogens is 466 g/mol. The average Bonchev–Trinajstić information content (AvgIpc) is 3.38. The number of piperidine rings is 1. The summed E-state index contributed by atoms with van der Waals surface area (Å²) in [5.74, 6) is 1.04. The van der Waals surface area contributed by atoms with Crippen molar-refractivity contribution >= 4 is 17.7 Å². The molecule has 1 saturated heterocycles. The van der Waals surface area contributed by atoms with Gasteiger partial charge in [0.25, 0.3) is 6.01 Å². The quantitative estimate of drug-likeness (QED) is 0.443. The maximum atomic E-state index is 11.5. The first-order valence-corrected chi connectivity index (χ1v) is 12.9. The molecular formula is C28H33N7O2. The molecule has 3 heterocycles. The highest BCUT2D eigenvalue weighted by Crippen LogP contribution is 2.30. The Balaban J connectivity index is 1.26. The molecule has 0 bridgehead atoms. The molecule has 5 rings (SSSR count). The summed E-state index contributed by atoms with van der Waals surface area (Å²) in [7, 11) is 0. The smallest absolute Gasteiger partial charge is 0.295 e. The number of anilines is 2. The van der Waals surface area contributed by atoms with Crippen LogP contribution in [-0.2, 0) is 0 Å². The molecule has 37 heavy (non-hydrogen) atoms. The van der Waals surface area contributed by atoms with E-state index in [1.54, 1.807) is 30.6 Å². The Bertz CT molecular complexity index is 1280. The van der Waals surface area contributed by atoms with Gasteiger partial charge in [0.2, 0.25) is 5.91 Å². The first-order chi connectivity index (χ1) is 17.9. The zero-order chi connectivity index (χ0) is 25.8. The number of rotatable bonds is 7. The van der Waals surface area contributed by atoms with Gasteiger partial charge in [0.05, 0.1) is 11.8 Å². The van der Waals surface area contributed by atoms with Crippen LogP contribution in [0.4, 0.5) is 11.8 Å². The maximum Gasteiger partial charge on any atom is 0.295 e. The molecule has 1 aliphatic heterocycles. The van der Waals surface area contributed by atoms with Crippen LogP contribution < -0.4 is 21.3 Å². The van der Waals surface area contributed by atoms with E-state index in [-0.39, 0.29) is 17.6 Å². The lowest BCUT2D eigenvalue weighted by Gasteiger charge is -2.46. The van der Waals surface area contributed by atoms with Gasteiger partial charge in [-0.25, -0.2) is 9.97 Å². The van der Waals surface area contributed by atoms with E-state index in [0.29, 0.717) is 22.9 Å². The fourth-order valence-corrected chi connectivity index (χ4v) is 5.57. The fourth-order valence-electron chi connectivity index (χ4n) is 5.57. The Morgan fingerprint density at radius 2 is 2.00 bits per heavy atom. The zero-order valence-electron chi connectivity index (χ0n) is 21.1. The van der Waals surface area contributed by atoms with Gasteiger partial charge in [-0.2, -0.15) is 5.26 Å². The number of hydrogen-bond acceptors (Lipinski definition) is 8. The monoisotopic (exact) mass is 499 g/mol. The van der Waals surface area contributed by atoms with E-state index in [1.165, 1.54) is 6.42 Å². The number of carbonyl (C=O) groups excluding carboxylic acids is 1. The largest absolute Gasteiger partial charge is 0.424 e. The van der Waals surface area contributed by atoms with Crippen molar-refractivity contribution in [3.05, 3.63) is 59.9 Å². The van der Waals surface area contributed by atoms with Gasteiger partial charge < -0.3 is 25.7 Å². The SMILES string of the molecule is C[C@]1(N[C@@H]2CCCC[C@H]2Nc2ncc(-c3cccc(C(N)=O)c3)o2)CCCN(c2ccc(C#N)cn2)C1. The summed E-state index contributed by atoms with van der Waals surface area (Å²) in [5.41, 5.74) is 7.14. The summed E-state index contributed by atoms with van der Waals surface area (Å²) >= 11 is 0. The second-order valence-electron chi connectivity index (χ2n) is 10.4. The number of oxazole rings is 1. The van der Waals surface area contributed by atoms with Crippen LogP contribution in [0.1, 0.15) is 61.4 Å². The van der Waals surface area contributed by atoms with Crippen LogP contribution in [0.3, 0.4) is 0 Å². The predicted octanol–water partition coefficient (Wildman–Crippen LogP) is 4.08. The van der Waals surface area contributed by atoms with E-state index in [9.17, 15) is 4.79 Å². The molecule has 2 aromatic heterocycles. The third kappa shape index (κ3) is 5.75. The third-order valence-corrected chi connectivity index (χ3v) is 7.44. The maximum absolute atomic E-state index is 11.5. The average molecular weight is 500 g/mol. The summed E-state index contributed by atoms with van der Waals surface area (Å²) in [6.45, 7) is 4.11. The van der Waals surface area contributed by atoms with Gasteiger partial charge in [0, 0.05) is 48.0 Å². The second kappa shape index (κ2) is 10.6. The molecule has 1 amide bonds. The first kappa shape index (κ1) is 24.8. The Hall–Kier alpha value is -3.90. The van der Waals surface area contributed by atoms with E-state index < -0.39 is 5.91 Å². The molecule has 1 aromatic carbocycles. The van der Waals surface area contributed by atoms with Gasteiger partial charge in [-0.15, -0.1) is 0 Å². The van der Waals surface area contributed by atoms with Crippen molar-refractivity contribution in [2.45, 2.75) is 63.1 Å². The van der Waals surface area contributed by atoms with Crippen LogP contribution in [-0.4, -0.2) is 46.6 Å². The van der Waals surface area contributed by atoms with Gasteiger partial charge in [-0.3, -0.25) is 4.79 Å².